The van der Waals surface area contributed by atoms with Crippen LogP contribution in [0.15, 0.2) is 54.2 Å². The lowest BCUT2D eigenvalue weighted by Crippen LogP contribution is -2.15. The Morgan fingerprint density at radius 3 is 2.46 bits per heavy atom. The van der Waals surface area contributed by atoms with Crippen molar-refractivity contribution in [2.45, 2.75) is 20.3 Å². The minimum absolute atomic E-state index is 0.0855. The molecule has 0 saturated carbocycles. The summed E-state index contributed by atoms with van der Waals surface area (Å²) in [6, 6.07) is 13.5. The van der Waals surface area contributed by atoms with Gasteiger partial charge in [-0.2, -0.15) is 5.26 Å². The molecule has 0 aliphatic rings. The lowest BCUT2D eigenvalue weighted by Gasteiger charge is -2.11. The predicted octanol–water partition coefficient (Wildman–Crippen LogP) is 3.71. The molecule has 0 aliphatic carbocycles. The van der Waals surface area contributed by atoms with Crippen LogP contribution in [0.2, 0.25) is 0 Å². The zero-order valence-electron chi connectivity index (χ0n) is 14.5. The summed E-state index contributed by atoms with van der Waals surface area (Å²) in [6.07, 6.45) is 2.20. The number of rotatable bonds is 6. The van der Waals surface area contributed by atoms with Crippen molar-refractivity contribution in [3.05, 3.63) is 70.9 Å². The molecule has 2 aromatic rings. The number of carbonyl (C=O) groups is 2. The van der Waals surface area contributed by atoms with Crippen LogP contribution in [0.4, 0.5) is 11.4 Å². The van der Waals surface area contributed by atoms with Gasteiger partial charge in [-0.25, -0.2) is 4.79 Å². The number of benzene rings is 2. The molecule has 0 bridgehead atoms. The van der Waals surface area contributed by atoms with Crippen LogP contribution in [0, 0.1) is 18.3 Å². The second-order valence-corrected chi connectivity index (χ2v) is 5.61. The van der Waals surface area contributed by atoms with E-state index >= 15 is 0 Å². The van der Waals surface area contributed by atoms with E-state index < -0.39 is 11.9 Å². The van der Waals surface area contributed by atoms with Crippen molar-refractivity contribution in [1.82, 2.24) is 0 Å². The molecular formula is C20H19N3O3. The van der Waals surface area contributed by atoms with E-state index in [-0.39, 0.29) is 11.1 Å². The summed E-state index contributed by atoms with van der Waals surface area (Å²) < 4.78 is 0. The van der Waals surface area contributed by atoms with Crippen LogP contribution in [-0.4, -0.2) is 17.0 Å². The number of carbonyl (C=O) groups excluding carboxylic acids is 1. The van der Waals surface area contributed by atoms with Gasteiger partial charge in [0.25, 0.3) is 5.91 Å². The Morgan fingerprint density at radius 1 is 1.19 bits per heavy atom. The van der Waals surface area contributed by atoms with Crippen LogP contribution in [-0.2, 0) is 11.2 Å². The Hall–Kier alpha value is -3.59. The number of nitrogens with zero attached hydrogens (tertiary/aromatic N) is 1. The number of carboxylic acids is 1. The summed E-state index contributed by atoms with van der Waals surface area (Å²) in [6.45, 7) is 3.98. The van der Waals surface area contributed by atoms with E-state index in [9.17, 15) is 14.9 Å². The normalized spacial score (nSPS) is 10.7. The minimum Gasteiger partial charge on any atom is -0.478 e. The number of aryl methyl sites for hydroxylation is 2. The third kappa shape index (κ3) is 4.48. The van der Waals surface area contributed by atoms with Gasteiger partial charge in [0.2, 0.25) is 0 Å². The summed E-state index contributed by atoms with van der Waals surface area (Å²) in [5, 5.41) is 23.8. The van der Waals surface area contributed by atoms with Gasteiger partial charge in [0.05, 0.1) is 5.56 Å². The van der Waals surface area contributed by atoms with Gasteiger partial charge >= 0.3 is 5.97 Å². The smallest absolute Gasteiger partial charge is 0.335 e. The molecule has 0 fully saturated rings. The van der Waals surface area contributed by atoms with Gasteiger partial charge in [0.1, 0.15) is 11.6 Å². The van der Waals surface area contributed by atoms with Crippen molar-refractivity contribution in [2.24, 2.45) is 0 Å². The van der Waals surface area contributed by atoms with Crippen LogP contribution >= 0.6 is 0 Å². The van der Waals surface area contributed by atoms with E-state index in [0.29, 0.717) is 5.69 Å². The lowest BCUT2D eigenvalue weighted by atomic mass is 10.1. The average Bonchev–Trinajstić information content (AvgIpc) is 2.63. The molecule has 0 saturated heterocycles. The fourth-order valence-electron chi connectivity index (χ4n) is 2.42. The van der Waals surface area contributed by atoms with Crippen LogP contribution in [0.5, 0.6) is 0 Å². The Morgan fingerprint density at radius 2 is 1.88 bits per heavy atom. The van der Waals surface area contributed by atoms with Gasteiger partial charge in [-0.1, -0.05) is 25.1 Å². The van der Waals surface area contributed by atoms with Gasteiger partial charge in [0, 0.05) is 17.6 Å². The number of anilines is 2. The zero-order chi connectivity index (χ0) is 19.1. The van der Waals surface area contributed by atoms with E-state index in [0.717, 1.165) is 23.2 Å². The number of hydrogen-bond donors (Lipinski definition) is 3. The van der Waals surface area contributed by atoms with E-state index in [1.54, 1.807) is 0 Å². The third-order valence-electron chi connectivity index (χ3n) is 3.86. The first-order valence-corrected chi connectivity index (χ1v) is 8.06. The molecule has 132 valence electrons. The number of amides is 1. The first-order chi connectivity index (χ1) is 12.5. The highest BCUT2D eigenvalue weighted by molar-refractivity contribution is 6.06. The average molecular weight is 349 g/mol. The SMILES string of the molecule is CCc1cccc(C)c1N/C=C(/C#N)C(=O)Nc1ccc(C(=O)O)cc1. The van der Waals surface area contributed by atoms with Gasteiger partial charge in [-0.05, 0) is 48.7 Å². The number of nitriles is 1. The Kier molecular flexibility index (Phi) is 6.12. The van der Waals surface area contributed by atoms with Crippen molar-refractivity contribution in [1.29, 1.82) is 5.26 Å². The van der Waals surface area contributed by atoms with Gasteiger partial charge < -0.3 is 15.7 Å². The first-order valence-electron chi connectivity index (χ1n) is 8.06. The molecule has 0 aliphatic heterocycles. The highest BCUT2D eigenvalue weighted by Crippen LogP contribution is 2.21. The van der Waals surface area contributed by atoms with Crippen LogP contribution in [0.25, 0.3) is 0 Å². The molecule has 6 heteroatoms. The number of hydrogen-bond acceptors (Lipinski definition) is 4. The molecule has 6 nitrogen and oxygen atoms in total. The fraction of sp³-hybridized carbons (Fsp3) is 0.150. The largest absolute Gasteiger partial charge is 0.478 e. The van der Waals surface area contributed by atoms with Crippen LogP contribution in [0.1, 0.15) is 28.4 Å². The summed E-state index contributed by atoms with van der Waals surface area (Å²) in [7, 11) is 0. The Balaban J connectivity index is 2.15. The lowest BCUT2D eigenvalue weighted by molar-refractivity contribution is -0.112. The summed E-state index contributed by atoms with van der Waals surface area (Å²) in [5.41, 5.74) is 3.42. The molecule has 2 rings (SSSR count). The molecule has 0 aromatic heterocycles. The Bertz CT molecular complexity index is 894. The van der Waals surface area contributed by atoms with Crippen molar-refractivity contribution in [3.63, 3.8) is 0 Å². The zero-order valence-corrected chi connectivity index (χ0v) is 14.5. The summed E-state index contributed by atoms with van der Waals surface area (Å²) in [5.74, 6) is -1.62. The molecule has 1 amide bonds. The van der Waals surface area contributed by atoms with E-state index in [2.05, 4.69) is 10.6 Å². The summed E-state index contributed by atoms with van der Waals surface area (Å²) >= 11 is 0. The fourth-order valence-corrected chi connectivity index (χ4v) is 2.42. The van der Waals surface area contributed by atoms with E-state index in [4.69, 9.17) is 5.11 Å². The van der Waals surface area contributed by atoms with Crippen molar-refractivity contribution >= 4 is 23.3 Å². The highest BCUT2D eigenvalue weighted by Gasteiger charge is 2.11. The van der Waals surface area contributed by atoms with Crippen molar-refractivity contribution in [2.75, 3.05) is 10.6 Å². The molecule has 0 atom stereocenters. The van der Waals surface area contributed by atoms with Crippen molar-refractivity contribution in [3.8, 4) is 6.07 Å². The van der Waals surface area contributed by atoms with Crippen LogP contribution < -0.4 is 10.6 Å². The predicted molar refractivity (Wildman–Crippen MR) is 99.9 cm³/mol. The molecule has 0 radical (unpaired) electrons. The maximum Gasteiger partial charge on any atom is 0.335 e. The topological polar surface area (TPSA) is 102 Å². The number of para-hydroxylation sites is 1. The molecule has 0 heterocycles. The second kappa shape index (κ2) is 8.49. The maximum absolute atomic E-state index is 12.3. The summed E-state index contributed by atoms with van der Waals surface area (Å²) in [4.78, 5) is 23.1. The number of carboxylic acid groups (broad SMARTS) is 1. The second-order valence-electron chi connectivity index (χ2n) is 5.61. The quantitative estimate of drug-likeness (QED) is 0.545. The molecule has 0 spiro atoms. The van der Waals surface area contributed by atoms with Crippen molar-refractivity contribution < 1.29 is 14.7 Å². The molecule has 0 unspecified atom stereocenters. The van der Waals surface area contributed by atoms with E-state index in [1.807, 2.05) is 38.1 Å². The minimum atomic E-state index is -1.05. The molecular weight excluding hydrogens is 330 g/mol. The van der Waals surface area contributed by atoms with Gasteiger partial charge in [-0.15, -0.1) is 0 Å². The third-order valence-corrected chi connectivity index (χ3v) is 3.86. The standard InChI is InChI=1S/C20H19N3O3/c1-3-14-6-4-5-13(2)18(14)22-12-16(11-21)19(24)23-17-9-7-15(8-10-17)20(25)26/h4-10,12,22H,3H2,1-2H3,(H,23,24)(H,25,26)/b16-12-. The number of nitrogens with one attached hydrogen (secondary N) is 2. The number of aromatic carboxylic acids is 1. The molecule has 3 N–H and O–H groups in total. The van der Waals surface area contributed by atoms with Crippen LogP contribution in [0.3, 0.4) is 0 Å². The molecule has 26 heavy (non-hydrogen) atoms. The van der Waals surface area contributed by atoms with E-state index in [1.165, 1.54) is 30.5 Å². The van der Waals surface area contributed by atoms with Gasteiger partial charge in [0.15, 0.2) is 0 Å². The monoisotopic (exact) mass is 349 g/mol. The maximum atomic E-state index is 12.3. The Labute approximate surface area is 151 Å². The highest BCUT2D eigenvalue weighted by atomic mass is 16.4. The molecule has 2 aromatic carbocycles. The first kappa shape index (κ1) is 18.7. The van der Waals surface area contributed by atoms with Gasteiger partial charge in [-0.3, -0.25) is 4.79 Å².